The van der Waals surface area contributed by atoms with Crippen LogP contribution in [0.15, 0.2) is 24.3 Å². The van der Waals surface area contributed by atoms with E-state index < -0.39 is 5.54 Å². The zero-order valence-corrected chi connectivity index (χ0v) is 10.5. The van der Waals surface area contributed by atoms with Gasteiger partial charge in [0.1, 0.15) is 5.54 Å². The van der Waals surface area contributed by atoms with Crippen molar-refractivity contribution in [3.05, 3.63) is 29.8 Å². The summed E-state index contributed by atoms with van der Waals surface area (Å²) in [5.74, 6) is 0. The molecule has 0 saturated heterocycles. The van der Waals surface area contributed by atoms with Gasteiger partial charge in [-0.25, -0.2) is 4.79 Å². The number of carbonyl (C=O) groups is 1. The molecule has 1 saturated carbocycles. The minimum atomic E-state index is -0.673. The molecule has 1 fully saturated rings. The van der Waals surface area contributed by atoms with E-state index in [4.69, 9.17) is 0 Å². The Bertz CT molecular complexity index is 484. The summed E-state index contributed by atoms with van der Waals surface area (Å²) in [6, 6.07) is 9.52. The number of rotatable bonds is 2. The van der Waals surface area contributed by atoms with Gasteiger partial charge in [0.2, 0.25) is 0 Å². The lowest BCUT2D eigenvalue weighted by atomic mass is 10.0. The fourth-order valence-electron chi connectivity index (χ4n) is 2.35. The second-order valence-corrected chi connectivity index (χ2v) is 4.85. The van der Waals surface area contributed by atoms with Crippen LogP contribution in [0.3, 0.4) is 0 Å². The summed E-state index contributed by atoms with van der Waals surface area (Å²) in [4.78, 5) is 11.9. The van der Waals surface area contributed by atoms with Crippen molar-refractivity contribution in [3.8, 4) is 6.07 Å². The zero-order valence-electron chi connectivity index (χ0n) is 10.5. The predicted molar refractivity (Wildman–Crippen MR) is 70.1 cm³/mol. The molecule has 0 aliphatic heterocycles. The smallest absolute Gasteiger partial charge is 0.319 e. The predicted octanol–water partition coefficient (Wildman–Crippen LogP) is 2.95. The van der Waals surface area contributed by atoms with Crippen molar-refractivity contribution in [1.82, 2.24) is 5.32 Å². The van der Waals surface area contributed by atoms with Gasteiger partial charge in [0.05, 0.1) is 6.07 Å². The lowest BCUT2D eigenvalue weighted by Gasteiger charge is -2.22. The first-order chi connectivity index (χ1) is 8.63. The van der Waals surface area contributed by atoms with Crippen molar-refractivity contribution in [2.75, 3.05) is 5.32 Å². The third-order valence-corrected chi connectivity index (χ3v) is 3.30. The van der Waals surface area contributed by atoms with Gasteiger partial charge in [0.25, 0.3) is 0 Å². The van der Waals surface area contributed by atoms with Crippen molar-refractivity contribution in [1.29, 1.82) is 5.26 Å². The lowest BCUT2D eigenvalue weighted by molar-refractivity contribution is 0.244. The molecule has 0 aromatic heterocycles. The van der Waals surface area contributed by atoms with Crippen LogP contribution < -0.4 is 10.6 Å². The minimum Gasteiger partial charge on any atom is -0.319 e. The molecule has 0 radical (unpaired) electrons. The van der Waals surface area contributed by atoms with Crippen LogP contribution in [-0.2, 0) is 0 Å². The highest BCUT2D eigenvalue weighted by Gasteiger charge is 2.35. The lowest BCUT2D eigenvalue weighted by Crippen LogP contribution is -2.47. The molecule has 94 valence electrons. The molecule has 2 rings (SSSR count). The van der Waals surface area contributed by atoms with Gasteiger partial charge < -0.3 is 10.6 Å². The maximum Gasteiger partial charge on any atom is 0.320 e. The van der Waals surface area contributed by atoms with Crippen LogP contribution in [0.2, 0.25) is 0 Å². The van der Waals surface area contributed by atoms with Crippen molar-refractivity contribution >= 4 is 11.7 Å². The standard InChI is InChI=1S/C14H17N3O/c1-11-5-4-6-12(9-11)16-13(18)17-14(10-15)7-2-3-8-14/h4-6,9H,2-3,7-8H2,1H3,(H2,16,17,18). The summed E-state index contributed by atoms with van der Waals surface area (Å²) < 4.78 is 0. The van der Waals surface area contributed by atoms with E-state index in [0.29, 0.717) is 0 Å². The van der Waals surface area contributed by atoms with Crippen LogP contribution in [0.5, 0.6) is 0 Å². The fourth-order valence-corrected chi connectivity index (χ4v) is 2.35. The quantitative estimate of drug-likeness (QED) is 0.838. The summed E-state index contributed by atoms with van der Waals surface area (Å²) >= 11 is 0. The van der Waals surface area contributed by atoms with Gasteiger partial charge in [-0.05, 0) is 50.3 Å². The first-order valence-corrected chi connectivity index (χ1v) is 6.21. The number of anilines is 1. The Morgan fingerprint density at radius 3 is 2.72 bits per heavy atom. The van der Waals surface area contributed by atoms with E-state index in [1.807, 2.05) is 31.2 Å². The van der Waals surface area contributed by atoms with E-state index in [9.17, 15) is 10.1 Å². The number of amides is 2. The molecule has 1 aromatic carbocycles. The van der Waals surface area contributed by atoms with E-state index in [1.165, 1.54) is 0 Å². The number of hydrogen-bond acceptors (Lipinski definition) is 2. The SMILES string of the molecule is Cc1cccc(NC(=O)NC2(C#N)CCCC2)c1. The number of benzene rings is 1. The van der Waals surface area contributed by atoms with Gasteiger partial charge in [0, 0.05) is 5.69 Å². The Kier molecular flexibility index (Phi) is 3.52. The molecule has 0 spiro atoms. The van der Waals surface area contributed by atoms with Gasteiger partial charge in [-0.1, -0.05) is 12.1 Å². The van der Waals surface area contributed by atoms with E-state index >= 15 is 0 Å². The van der Waals surface area contributed by atoms with E-state index in [0.717, 1.165) is 36.9 Å². The number of hydrogen-bond donors (Lipinski definition) is 2. The second kappa shape index (κ2) is 5.09. The molecule has 1 aliphatic carbocycles. The first-order valence-electron chi connectivity index (χ1n) is 6.21. The van der Waals surface area contributed by atoms with Gasteiger partial charge in [-0.15, -0.1) is 0 Å². The first kappa shape index (κ1) is 12.4. The fraction of sp³-hybridized carbons (Fsp3) is 0.429. The molecule has 0 unspecified atom stereocenters. The Hall–Kier alpha value is -2.02. The van der Waals surface area contributed by atoms with Crippen LogP contribution in [0.25, 0.3) is 0 Å². The summed E-state index contributed by atoms with van der Waals surface area (Å²) in [5, 5.41) is 14.7. The third-order valence-electron chi connectivity index (χ3n) is 3.30. The second-order valence-electron chi connectivity index (χ2n) is 4.85. The van der Waals surface area contributed by atoms with E-state index in [2.05, 4.69) is 16.7 Å². The molecule has 0 heterocycles. The molecular formula is C14H17N3O. The molecule has 1 aliphatic rings. The molecular weight excluding hydrogens is 226 g/mol. The molecule has 4 nitrogen and oxygen atoms in total. The highest BCUT2D eigenvalue weighted by molar-refractivity contribution is 5.90. The summed E-state index contributed by atoms with van der Waals surface area (Å²) in [6.45, 7) is 1.97. The monoisotopic (exact) mass is 243 g/mol. The number of nitrogens with zero attached hydrogens (tertiary/aromatic N) is 1. The Morgan fingerprint density at radius 2 is 2.11 bits per heavy atom. The average Bonchev–Trinajstić information content (AvgIpc) is 2.78. The number of urea groups is 1. The normalized spacial score (nSPS) is 16.9. The Morgan fingerprint density at radius 1 is 1.39 bits per heavy atom. The largest absolute Gasteiger partial charge is 0.320 e. The van der Waals surface area contributed by atoms with Crippen LogP contribution >= 0.6 is 0 Å². The van der Waals surface area contributed by atoms with E-state index in [-0.39, 0.29) is 6.03 Å². The van der Waals surface area contributed by atoms with Crippen LogP contribution in [0.1, 0.15) is 31.2 Å². The topological polar surface area (TPSA) is 64.9 Å². The number of nitriles is 1. The van der Waals surface area contributed by atoms with Gasteiger partial charge in [0.15, 0.2) is 0 Å². The molecule has 18 heavy (non-hydrogen) atoms. The molecule has 4 heteroatoms. The number of carbonyl (C=O) groups excluding carboxylic acids is 1. The summed E-state index contributed by atoms with van der Waals surface area (Å²) in [6.07, 6.45) is 3.48. The van der Waals surface area contributed by atoms with Crippen LogP contribution in [0, 0.1) is 18.3 Å². The maximum absolute atomic E-state index is 11.9. The Balaban J connectivity index is 1.99. The van der Waals surface area contributed by atoms with Crippen molar-refractivity contribution in [2.24, 2.45) is 0 Å². The van der Waals surface area contributed by atoms with E-state index in [1.54, 1.807) is 0 Å². The Labute approximate surface area is 107 Å². The molecule has 1 aromatic rings. The van der Waals surface area contributed by atoms with Gasteiger partial charge in [-0.3, -0.25) is 0 Å². The van der Waals surface area contributed by atoms with Crippen molar-refractivity contribution in [2.45, 2.75) is 38.1 Å². The highest BCUT2D eigenvalue weighted by atomic mass is 16.2. The molecule has 2 amide bonds. The van der Waals surface area contributed by atoms with Gasteiger partial charge >= 0.3 is 6.03 Å². The minimum absolute atomic E-state index is 0.302. The summed E-state index contributed by atoms with van der Waals surface area (Å²) in [5.41, 5.74) is 1.16. The summed E-state index contributed by atoms with van der Waals surface area (Å²) in [7, 11) is 0. The zero-order chi connectivity index (χ0) is 13.0. The molecule has 0 atom stereocenters. The number of aryl methyl sites for hydroxylation is 1. The van der Waals surface area contributed by atoms with Crippen molar-refractivity contribution in [3.63, 3.8) is 0 Å². The molecule has 2 N–H and O–H groups in total. The molecule has 0 bridgehead atoms. The maximum atomic E-state index is 11.9. The van der Waals surface area contributed by atoms with Gasteiger partial charge in [-0.2, -0.15) is 5.26 Å². The highest BCUT2D eigenvalue weighted by Crippen LogP contribution is 2.28. The van der Waals surface area contributed by atoms with Crippen molar-refractivity contribution < 1.29 is 4.79 Å². The third kappa shape index (κ3) is 2.80. The average molecular weight is 243 g/mol. The van der Waals surface area contributed by atoms with Crippen LogP contribution in [-0.4, -0.2) is 11.6 Å². The number of nitrogens with one attached hydrogen (secondary N) is 2. The van der Waals surface area contributed by atoms with Crippen LogP contribution in [0.4, 0.5) is 10.5 Å².